The Morgan fingerprint density at radius 2 is 1.30 bits per heavy atom. The Labute approximate surface area is 117 Å². The minimum atomic E-state index is -3.55. The molecule has 0 aliphatic carbocycles. The molecule has 0 unspecified atom stereocenters. The Kier molecular flexibility index (Phi) is 3.98. The molecule has 0 spiro atoms. The number of nitrogens with one attached hydrogen (secondary N) is 2. The van der Waals surface area contributed by atoms with Crippen LogP contribution in [0.25, 0.3) is 0 Å². The van der Waals surface area contributed by atoms with Gasteiger partial charge in [0.2, 0.25) is 9.84 Å². The molecule has 0 saturated heterocycles. The SMILES string of the molecule is CNc1ccc(S(=O)(=O)c2ccc(N[C+]=O)cc2)cc1. The molecule has 2 N–H and O–H groups in total. The maximum atomic E-state index is 12.4. The van der Waals surface area contributed by atoms with Crippen LogP contribution >= 0.6 is 0 Å². The van der Waals surface area contributed by atoms with E-state index in [1.807, 2.05) is 0 Å². The van der Waals surface area contributed by atoms with Gasteiger partial charge in [0, 0.05) is 24.9 Å². The molecular weight excluding hydrogens is 276 g/mol. The van der Waals surface area contributed by atoms with E-state index in [4.69, 9.17) is 0 Å². The number of sulfone groups is 1. The van der Waals surface area contributed by atoms with Crippen molar-refractivity contribution in [3.63, 3.8) is 0 Å². The molecule has 0 heterocycles. The predicted molar refractivity (Wildman–Crippen MR) is 77.2 cm³/mol. The number of anilines is 2. The summed E-state index contributed by atoms with van der Waals surface area (Å²) in [6, 6.07) is 12.4. The van der Waals surface area contributed by atoms with Crippen molar-refractivity contribution in [2.45, 2.75) is 9.79 Å². The van der Waals surface area contributed by atoms with Crippen molar-refractivity contribution >= 4 is 27.6 Å². The first-order valence-corrected chi connectivity index (χ1v) is 7.32. The van der Waals surface area contributed by atoms with Crippen LogP contribution in [0.2, 0.25) is 0 Å². The van der Waals surface area contributed by atoms with E-state index in [1.54, 1.807) is 31.3 Å². The average Bonchev–Trinajstić information content (AvgIpc) is 2.48. The van der Waals surface area contributed by atoms with Gasteiger partial charge in [0.05, 0.1) is 9.79 Å². The molecule has 2 rings (SSSR count). The Morgan fingerprint density at radius 3 is 1.70 bits per heavy atom. The highest BCUT2D eigenvalue weighted by molar-refractivity contribution is 7.91. The van der Waals surface area contributed by atoms with Crippen molar-refractivity contribution in [3.05, 3.63) is 48.5 Å². The van der Waals surface area contributed by atoms with Crippen LogP contribution in [0.3, 0.4) is 0 Å². The average molecular weight is 289 g/mol. The number of benzene rings is 2. The second-order valence-electron chi connectivity index (χ2n) is 4.03. The molecule has 1 amide bonds. The van der Waals surface area contributed by atoms with Crippen molar-refractivity contribution in [1.29, 1.82) is 0 Å². The summed E-state index contributed by atoms with van der Waals surface area (Å²) < 4.78 is 24.8. The van der Waals surface area contributed by atoms with Gasteiger partial charge < -0.3 is 5.32 Å². The maximum absolute atomic E-state index is 12.4. The standard InChI is InChI=1S/C14H13N2O3S/c1-15-11-2-6-13(7-3-11)20(18,19)14-8-4-12(5-9-14)16-10-17/h2-9,15H,1H3,(H,16,17)/q+1. The first-order valence-electron chi connectivity index (χ1n) is 5.84. The van der Waals surface area contributed by atoms with Gasteiger partial charge in [-0.2, -0.15) is 0 Å². The lowest BCUT2D eigenvalue weighted by Gasteiger charge is -2.05. The minimum absolute atomic E-state index is 0.172. The molecule has 2 aromatic carbocycles. The highest BCUT2D eigenvalue weighted by Crippen LogP contribution is 2.23. The fourth-order valence-electron chi connectivity index (χ4n) is 1.71. The van der Waals surface area contributed by atoms with E-state index in [1.165, 1.54) is 30.7 Å². The van der Waals surface area contributed by atoms with Gasteiger partial charge in [-0.05, 0) is 36.4 Å². The van der Waals surface area contributed by atoms with Crippen LogP contribution in [0.4, 0.5) is 11.4 Å². The van der Waals surface area contributed by atoms with Crippen LogP contribution < -0.4 is 10.6 Å². The van der Waals surface area contributed by atoms with E-state index in [0.717, 1.165) is 5.69 Å². The van der Waals surface area contributed by atoms with Gasteiger partial charge in [0.15, 0.2) is 5.69 Å². The number of rotatable bonds is 5. The van der Waals surface area contributed by atoms with Crippen LogP contribution in [-0.4, -0.2) is 21.9 Å². The molecule has 0 atom stereocenters. The molecule has 6 heteroatoms. The molecular formula is C14H13N2O3S+. The molecule has 0 radical (unpaired) electrons. The highest BCUT2D eigenvalue weighted by atomic mass is 32.2. The summed E-state index contributed by atoms with van der Waals surface area (Å²) in [6.07, 6.45) is 1.53. The second-order valence-corrected chi connectivity index (χ2v) is 5.98. The summed E-state index contributed by atoms with van der Waals surface area (Å²) in [7, 11) is -1.79. The summed E-state index contributed by atoms with van der Waals surface area (Å²) in [6.45, 7) is 0. The van der Waals surface area contributed by atoms with Crippen molar-refractivity contribution in [1.82, 2.24) is 0 Å². The van der Waals surface area contributed by atoms with Crippen LogP contribution in [0.5, 0.6) is 0 Å². The Hall–Kier alpha value is -2.43. The normalized spacial score (nSPS) is 10.7. The van der Waals surface area contributed by atoms with Crippen LogP contribution in [-0.2, 0) is 14.6 Å². The second kappa shape index (κ2) is 5.69. The zero-order valence-electron chi connectivity index (χ0n) is 10.8. The minimum Gasteiger partial charge on any atom is -0.388 e. The van der Waals surface area contributed by atoms with Crippen molar-refractivity contribution in [2.24, 2.45) is 0 Å². The molecule has 0 aromatic heterocycles. The number of carbonyl (C=O) groups excluding carboxylic acids is 1. The fraction of sp³-hybridized carbons (Fsp3) is 0.0714. The summed E-state index contributed by atoms with van der Waals surface area (Å²) in [5, 5.41) is 5.26. The molecule has 20 heavy (non-hydrogen) atoms. The van der Waals surface area contributed by atoms with E-state index in [9.17, 15) is 13.2 Å². The summed E-state index contributed by atoms with van der Waals surface area (Å²) in [4.78, 5) is 10.6. The van der Waals surface area contributed by atoms with Gasteiger partial charge in [-0.3, -0.25) is 0 Å². The van der Waals surface area contributed by atoms with Gasteiger partial charge in [-0.25, -0.2) is 8.42 Å². The highest BCUT2D eigenvalue weighted by Gasteiger charge is 2.18. The van der Waals surface area contributed by atoms with Gasteiger partial charge in [0.25, 0.3) is 0 Å². The molecule has 5 nitrogen and oxygen atoms in total. The number of hydrogen-bond acceptors (Lipinski definition) is 4. The third-order valence-corrected chi connectivity index (χ3v) is 4.60. The third kappa shape index (κ3) is 2.77. The predicted octanol–water partition coefficient (Wildman–Crippen LogP) is 2.04. The van der Waals surface area contributed by atoms with E-state index in [-0.39, 0.29) is 9.79 Å². The monoisotopic (exact) mass is 289 g/mol. The van der Waals surface area contributed by atoms with E-state index in [0.29, 0.717) is 5.69 Å². The maximum Gasteiger partial charge on any atom is 0.458 e. The van der Waals surface area contributed by atoms with Crippen molar-refractivity contribution in [2.75, 3.05) is 17.7 Å². The molecule has 102 valence electrons. The molecule has 0 bridgehead atoms. The molecule has 0 saturated carbocycles. The van der Waals surface area contributed by atoms with Crippen molar-refractivity contribution in [3.8, 4) is 0 Å². The Balaban J connectivity index is 2.35. The lowest BCUT2D eigenvalue weighted by Crippen LogP contribution is -2.02. The smallest absolute Gasteiger partial charge is 0.388 e. The first kappa shape index (κ1) is 14.0. The van der Waals surface area contributed by atoms with E-state index >= 15 is 0 Å². The third-order valence-electron chi connectivity index (χ3n) is 2.81. The van der Waals surface area contributed by atoms with E-state index < -0.39 is 9.84 Å². The van der Waals surface area contributed by atoms with Crippen LogP contribution in [0.1, 0.15) is 0 Å². The first-order chi connectivity index (χ1) is 9.57. The Bertz CT molecular complexity index is 692. The largest absolute Gasteiger partial charge is 0.458 e. The lowest BCUT2D eigenvalue weighted by molar-refractivity contribution is 0.561. The molecule has 0 aliphatic heterocycles. The van der Waals surface area contributed by atoms with E-state index in [2.05, 4.69) is 10.6 Å². The van der Waals surface area contributed by atoms with Gasteiger partial charge >= 0.3 is 6.41 Å². The van der Waals surface area contributed by atoms with Gasteiger partial charge in [-0.1, -0.05) is 4.79 Å². The fourth-order valence-corrected chi connectivity index (χ4v) is 2.97. The van der Waals surface area contributed by atoms with Crippen LogP contribution in [0.15, 0.2) is 58.3 Å². The van der Waals surface area contributed by atoms with Crippen LogP contribution in [0, 0.1) is 0 Å². The lowest BCUT2D eigenvalue weighted by atomic mass is 10.3. The van der Waals surface area contributed by atoms with Gasteiger partial charge in [-0.15, -0.1) is 5.32 Å². The zero-order valence-corrected chi connectivity index (χ0v) is 11.6. The molecule has 0 aliphatic rings. The zero-order chi connectivity index (χ0) is 14.6. The summed E-state index contributed by atoms with van der Waals surface area (Å²) in [5.41, 5.74) is 1.33. The molecule has 2 aromatic rings. The quantitative estimate of drug-likeness (QED) is 0.652. The van der Waals surface area contributed by atoms with Crippen molar-refractivity contribution < 1.29 is 13.2 Å². The topological polar surface area (TPSA) is 75.3 Å². The molecule has 0 fully saturated rings. The Morgan fingerprint density at radius 1 is 0.850 bits per heavy atom. The van der Waals surface area contributed by atoms with Gasteiger partial charge in [0.1, 0.15) is 0 Å². The summed E-state index contributed by atoms with van der Waals surface area (Å²) >= 11 is 0. The number of hydrogen-bond donors (Lipinski definition) is 2. The number of amides is 1. The summed E-state index contributed by atoms with van der Waals surface area (Å²) in [5.74, 6) is 0.